The molecule has 1 amide bonds. The molecule has 0 saturated carbocycles. The Balaban J connectivity index is 1.78. The first kappa shape index (κ1) is 16.3. The first-order valence-electron chi connectivity index (χ1n) is 8.88. The number of nitrogens with one attached hydrogen (secondary N) is 1. The number of pyridine rings is 1. The van der Waals surface area contributed by atoms with Crippen LogP contribution in [0.5, 0.6) is 0 Å². The Morgan fingerprint density at radius 1 is 1.08 bits per heavy atom. The Hall–Kier alpha value is -3.14. The summed E-state index contributed by atoms with van der Waals surface area (Å²) in [6.07, 6.45) is 2.44. The summed E-state index contributed by atoms with van der Waals surface area (Å²) in [7, 11) is 0. The lowest BCUT2D eigenvalue weighted by atomic mass is 10.1. The van der Waals surface area contributed by atoms with Crippen LogP contribution in [0.4, 0.5) is 11.5 Å². The molecule has 1 atom stereocenters. The minimum absolute atomic E-state index is 0.0251. The molecule has 1 N–H and O–H groups in total. The maximum atomic E-state index is 13.1. The quantitative estimate of drug-likeness (QED) is 0.745. The normalized spacial score (nSPS) is 15.8. The molecular formula is C22H21N3O. The van der Waals surface area contributed by atoms with Crippen LogP contribution in [0.25, 0.3) is 0 Å². The van der Waals surface area contributed by atoms with Crippen LogP contribution < -0.4 is 10.2 Å². The lowest BCUT2D eigenvalue weighted by molar-refractivity contribution is 0.0992. The van der Waals surface area contributed by atoms with Gasteiger partial charge in [-0.25, -0.2) is 4.98 Å². The summed E-state index contributed by atoms with van der Waals surface area (Å²) in [5.74, 6) is 0.637. The number of carbonyl (C=O) groups excluding carboxylic acids is 1. The molecule has 0 aliphatic carbocycles. The molecule has 2 aromatic carbocycles. The minimum atomic E-state index is -0.278. The minimum Gasteiger partial charge on any atom is -0.361 e. The van der Waals surface area contributed by atoms with Gasteiger partial charge in [-0.05, 0) is 54.8 Å². The number of nitrogens with zero attached hydrogens (tertiary/aromatic N) is 2. The van der Waals surface area contributed by atoms with Crippen molar-refractivity contribution in [3.05, 3.63) is 89.1 Å². The zero-order valence-corrected chi connectivity index (χ0v) is 14.9. The van der Waals surface area contributed by atoms with Gasteiger partial charge in [0.2, 0.25) is 0 Å². The zero-order chi connectivity index (χ0) is 18.1. The van der Waals surface area contributed by atoms with Gasteiger partial charge in [-0.2, -0.15) is 0 Å². The Bertz CT molecular complexity index is 967. The van der Waals surface area contributed by atoms with Gasteiger partial charge in [0.05, 0.1) is 0 Å². The van der Waals surface area contributed by atoms with Crippen molar-refractivity contribution >= 4 is 17.4 Å². The number of anilines is 2. The predicted octanol–water partition coefficient (Wildman–Crippen LogP) is 4.72. The first-order valence-corrected chi connectivity index (χ1v) is 8.88. The maximum absolute atomic E-state index is 13.1. The van der Waals surface area contributed by atoms with Crippen molar-refractivity contribution in [2.75, 3.05) is 10.2 Å². The van der Waals surface area contributed by atoms with Crippen molar-refractivity contribution in [2.45, 2.75) is 26.4 Å². The van der Waals surface area contributed by atoms with Gasteiger partial charge in [-0.1, -0.05) is 37.3 Å². The maximum Gasteiger partial charge on any atom is 0.261 e. The smallest absolute Gasteiger partial charge is 0.261 e. The monoisotopic (exact) mass is 343 g/mol. The van der Waals surface area contributed by atoms with Crippen LogP contribution in [0, 0.1) is 6.92 Å². The van der Waals surface area contributed by atoms with Gasteiger partial charge in [0.25, 0.3) is 5.91 Å². The summed E-state index contributed by atoms with van der Waals surface area (Å²) in [5.41, 5.74) is 5.03. The van der Waals surface area contributed by atoms with Crippen molar-refractivity contribution in [3.63, 3.8) is 0 Å². The van der Waals surface area contributed by atoms with Crippen LogP contribution in [0.15, 0.2) is 66.9 Å². The van der Waals surface area contributed by atoms with E-state index in [1.807, 2.05) is 55.5 Å². The van der Waals surface area contributed by atoms with E-state index in [4.69, 9.17) is 0 Å². The highest BCUT2D eigenvalue weighted by atomic mass is 16.2. The van der Waals surface area contributed by atoms with E-state index in [2.05, 4.69) is 29.4 Å². The lowest BCUT2D eigenvalue weighted by Crippen LogP contribution is -2.33. The number of benzene rings is 2. The third kappa shape index (κ3) is 2.84. The van der Waals surface area contributed by atoms with E-state index in [0.29, 0.717) is 5.82 Å². The van der Waals surface area contributed by atoms with Crippen molar-refractivity contribution in [2.24, 2.45) is 0 Å². The Kier molecular flexibility index (Phi) is 4.17. The summed E-state index contributed by atoms with van der Waals surface area (Å²) in [5, 5.41) is 3.54. The Morgan fingerprint density at radius 3 is 2.73 bits per heavy atom. The van der Waals surface area contributed by atoms with Gasteiger partial charge in [0.1, 0.15) is 12.0 Å². The molecule has 130 valence electrons. The molecule has 1 aliphatic rings. The zero-order valence-electron chi connectivity index (χ0n) is 14.9. The van der Waals surface area contributed by atoms with Crippen LogP contribution >= 0.6 is 0 Å². The molecule has 0 spiro atoms. The summed E-state index contributed by atoms with van der Waals surface area (Å²) >= 11 is 0. The fraction of sp³-hybridized carbons (Fsp3) is 0.182. The second-order valence-corrected chi connectivity index (χ2v) is 6.55. The standard InChI is InChI=1S/C22H21N3O/c1-3-16-7-6-8-17(14-16)24-21-18-9-4-5-10-19(18)22(26)25(21)20-13-15(2)11-12-23-20/h4-14,21,24H,3H2,1-2H3. The van der Waals surface area contributed by atoms with E-state index in [0.717, 1.165) is 28.8 Å². The van der Waals surface area contributed by atoms with E-state index < -0.39 is 0 Å². The van der Waals surface area contributed by atoms with Gasteiger partial charge in [-0.15, -0.1) is 0 Å². The summed E-state index contributed by atoms with van der Waals surface area (Å²) < 4.78 is 0. The van der Waals surface area contributed by atoms with E-state index in [1.165, 1.54) is 5.56 Å². The molecule has 1 aliphatic heterocycles. The Morgan fingerprint density at radius 2 is 1.92 bits per heavy atom. The van der Waals surface area contributed by atoms with E-state index in [-0.39, 0.29) is 12.1 Å². The molecule has 1 unspecified atom stereocenters. The average Bonchev–Trinajstić information content (AvgIpc) is 2.94. The van der Waals surface area contributed by atoms with Gasteiger partial charge in [0, 0.05) is 23.0 Å². The summed E-state index contributed by atoms with van der Waals surface area (Å²) in [6, 6.07) is 20.0. The highest BCUT2D eigenvalue weighted by Crippen LogP contribution is 2.37. The highest BCUT2D eigenvalue weighted by molar-refractivity contribution is 6.11. The molecule has 0 saturated heterocycles. The molecular weight excluding hydrogens is 322 g/mol. The van der Waals surface area contributed by atoms with Crippen molar-refractivity contribution in [1.82, 2.24) is 4.98 Å². The number of amides is 1. The third-order valence-electron chi connectivity index (χ3n) is 4.75. The van der Waals surface area contributed by atoms with Gasteiger partial charge >= 0.3 is 0 Å². The summed E-state index contributed by atoms with van der Waals surface area (Å²) in [6.45, 7) is 4.14. The number of hydrogen-bond donors (Lipinski definition) is 1. The molecule has 4 rings (SSSR count). The number of rotatable bonds is 4. The number of aryl methyl sites for hydroxylation is 2. The lowest BCUT2D eigenvalue weighted by Gasteiger charge is -2.26. The van der Waals surface area contributed by atoms with Crippen molar-refractivity contribution in [1.29, 1.82) is 0 Å². The van der Waals surface area contributed by atoms with E-state index >= 15 is 0 Å². The molecule has 4 nitrogen and oxygen atoms in total. The van der Waals surface area contributed by atoms with E-state index in [9.17, 15) is 4.79 Å². The molecule has 3 aromatic rings. The number of aromatic nitrogens is 1. The van der Waals surface area contributed by atoms with Crippen LogP contribution in [0.1, 0.15) is 40.1 Å². The largest absolute Gasteiger partial charge is 0.361 e. The van der Waals surface area contributed by atoms with Crippen molar-refractivity contribution in [3.8, 4) is 0 Å². The van der Waals surface area contributed by atoms with Crippen molar-refractivity contribution < 1.29 is 4.79 Å². The first-order chi connectivity index (χ1) is 12.7. The highest BCUT2D eigenvalue weighted by Gasteiger charge is 2.38. The van der Waals surface area contributed by atoms with Crippen LogP contribution in [0.3, 0.4) is 0 Å². The molecule has 2 heterocycles. The topological polar surface area (TPSA) is 45.2 Å². The fourth-order valence-electron chi connectivity index (χ4n) is 3.39. The Labute approximate surface area is 153 Å². The molecule has 26 heavy (non-hydrogen) atoms. The van der Waals surface area contributed by atoms with Crippen LogP contribution in [-0.2, 0) is 6.42 Å². The van der Waals surface area contributed by atoms with Crippen LogP contribution in [-0.4, -0.2) is 10.9 Å². The second-order valence-electron chi connectivity index (χ2n) is 6.55. The molecule has 1 aromatic heterocycles. The number of fused-ring (bicyclic) bond motifs is 1. The second kappa shape index (κ2) is 6.64. The number of hydrogen-bond acceptors (Lipinski definition) is 3. The molecule has 4 heteroatoms. The van der Waals surface area contributed by atoms with Crippen LogP contribution in [0.2, 0.25) is 0 Å². The molecule has 0 fully saturated rings. The average molecular weight is 343 g/mol. The van der Waals surface area contributed by atoms with Gasteiger partial charge < -0.3 is 5.32 Å². The summed E-state index contributed by atoms with van der Waals surface area (Å²) in [4.78, 5) is 19.3. The number of carbonyl (C=O) groups is 1. The SMILES string of the molecule is CCc1cccc(NC2c3ccccc3C(=O)N2c2cc(C)ccn2)c1. The van der Waals surface area contributed by atoms with E-state index in [1.54, 1.807) is 11.1 Å². The fourth-order valence-corrected chi connectivity index (χ4v) is 3.39. The van der Waals surface area contributed by atoms with Gasteiger partial charge in [-0.3, -0.25) is 9.69 Å². The molecule has 0 bridgehead atoms. The molecule has 0 radical (unpaired) electrons. The van der Waals surface area contributed by atoms with Gasteiger partial charge in [0.15, 0.2) is 0 Å². The predicted molar refractivity (Wildman–Crippen MR) is 104 cm³/mol. The third-order valence-corrected chi connectivity index (χ3v) is 4.75.